The predicted molar refractivity (Wildman–Crippen MR) is 81.0 cm³/mol. The van der Waals surface area contributed by atoms with Crippen molar-refractivity contribution in [1.29, 1.82) is 0 Å². The average molecular weight is 295 g/mol. The zero-order valence-corrected chi connectivity index (χ0v) is 12.5. The summed E-state index contributed by atoms with van der Waals surface area (Å²) in [4.78, 5) is 0. The highest BCUT2D eigenvalue weighted by molar-refractivity contribution is 6.36. The summed E-state index contributed by atoms with van der Waals surface area (Å²) in [6.07, 6.45) is -0.183. The number of aliphatic hydroxyl groups is 1. The van der Waals surface area contributed by atoms with Crippen LogP contribution in [0.1, 0.15) is 28.4 Å². The number of rotatable bonds is 3. The molecule has 0 aliphatic heterocycles. The molecule has 2 aromatic carbocycles. The highest BCUT2D eigenvalue weighted by Gasteiger charge is 2.14. The molecular weight excluding hydrogens is 279 g/mol. The van der Waals surface area contributed by atoms with Crippen molar-refractivity contribution in [3.8, 4) is 0 Å². The maximum Gasteiger partial charge on any atom is 0.0831 e. The van der Waals surface area contributed by atoms with Crippen LogP contribution in [0.4, 0.5) is 0 Å². The van der Waals surface area contributed by atoms with Gasteiger partial charge in [-0.2, -0.15) is 0 Å². The number of aliphatic hydroxyl groups excluding tert-OH is 1. The minimum absolute atomic E-state index is 0.418. The quantitative estimate of drug-likeness (QED) is 0.855. The first kappa shape index (κ1) is 14.4. The highest BCUT2D eigenvalue weighted by Crippen LogP contribution is 2.29. The first-order valence-electron chi connectivity index (χ1n) is 6.16. The molecule has 100 valence electrons. The highest BCUT2D eigenvalue weighted by atomic mass is 35.5. The van der Waals surface area contributed by atoms with Crippen LogP contribution in [0, 0.1) is 13.8 Å². The first-order valence-corrected chi connectivity index (χ1v) is 6.92. The Morgan fingerprint density at radius 1 is 1.00 bits per heavy atom. The molecule has 0 aromatic heterocycles. The van der Waals surface area contributed by atoms with Gasteiger partial charge in [0.1, 0.15) is 0 Å². The molecule has 0 aliphatic carbocycles. The van der Waals surface area contributed by atoms with E-state index in [0.29, 0.717) is 16.5 Å². The number of hydrogen-bond acceptors (Lipinski definition) is 1. The first-order chi connectivity index (χ1) is 8.97. The summed E-state index contributed by atoms with van der Waals surface area (Å²) in [6.45, 7) is 4.04. The summed E-state index contributed by atoms with van der Waals surface area (Å²) < 4.78 is 0. The fourth-order valence-corrected chi connectivity index (χ4v) is 2.79. The lowest BCUT2D eigenvalue weighted by Crippen LogP contribution is -2.03. The zero-order chi connectivity index (χ0) is 14.0. The van der Waals surface area contributed by atoms with Gasteiger partial charge >= 0.3 is 0 Å². The van der Waals surface area contributed by atoms with Gasteiger partial charge in [0.25, 0.3) is 0 Å². The fraction of sp³-hybridized carbons (Fsp3) is 0.250. The van der Waals surface area contributed by atoms with E-state index in [4.69, 9.17) is 23.2 Å². The maximum absolute atomic E-state index is 10.4. The Bertz CT molecular complexity index is 553. The Balaban J connectivity index is 2.28. The molecule has 0 heterocycles. The van der Waals surface area contributed by atoms with Crippen molar-refractivity contribution in [3.63, 3.8) is 0 Å². The Labute approximate surface area is 123 Å². The van der Waals surface area contributed by atoms with E-state index in [2.05, 4.69) is 6.07 Å². The number of aryl methyl sites for hydroxylation is 2. The molecule has 0 radical (unpaired) electrons. The van der Waals surface area contributed by atoms with Crippen molar-refractivity contribution in [2.24, 2.45) is 0 Å². The molecule has 0 amide bonds. The fourth-order valence-electron chi connectivity index (χ4n) is 2.24. The second-order valence-corrected chi connectivity index (χ2v) is 5.66. The normalized spacial score (nSPS) is 12.5. The molecule has 2 aromatic rings. The van der Waals surface area contributed by atoms with E-state index >= 15 is 0 Å². The molecule has 0 aliphatic rings. The number of benzene rings is 2. The smallest absolute Gasteiger partial charge is 0.0831 e. The van der Waals surface area contributed by atoms with Crippen molar-refractivity contribution >= 4 is 23.2 Å². The largest absolute Gasteiger partial charge is 0.388 e. The molecule has 1 unspecified atom stereocenters. The van der Waals surface area contributed by atoms with Crippen LogP contribution in [-0.2, 0) is 6.42 Å². The second-order valence-electron chi connectivity index (χ2n) is 4.84. The van der Waals surface area contributed by atoms with Crippen LogP contribution >= 0.6 is 23.2 Å². The monoisotopic (exact) mass is 294 g/mol. The van der Waals surface area contributed by atoms with Crippen LogP contribution < -0.4 is 0 Å². The van der Waals surface area contributed by atoms with Gasteiger partial charge in [-0.05, 0) is 37.1 Å². The molecule has 0 spiro atoms. The van der Waals surface area contributed by atoms with Crippen molar-refractivity contribution in [2.75, 3.05) is 0 Å². The van der Waals surface area contributed by atoms with Crippen molar-refractivity contribution < 1.29 is 5.11 Å². The Kier molecular flexibility index (Phi) is 4.51. The molecular formula is C16H16Cl2O. The summed E-state index contributed by atoms with van der Waals surface area (Å²) in [6, 6.07) is 11.4. The van der Waals surface area contributed by atoms with E-state index in [-0.39, 0.29) is 0 Å². The average Bonchev–Trinajstić information content (AvgIpc) is 2.32. The zero-order valence-electron chi connectivity index (χ0n) is 11.0. The van der Waals surface area contributed by atoms with E-state index in [1.807, 2.05) is 26.0 Å². The minimum Gasteiger partial charge on any atom is -0.388 e. The summed E-state index contributed by atoms with van der Waals surface area (Å²) >= 11 is 12.3. The van der Waals surface area contributed by atoms with Gasteiger partial charge in [-0.1, -0.05) is 58.6 Å². The molecule has 19 heavy (non-hydrogen) atoms. The lowest BCUT2D eigenvalue weighted by molar-refractivity contribution is 0.178. The number of hydrogen-bond donors (Lipinski definition) is 1. The summed E-state index contributed by atoms with van der Waals surface area (Å²) in [5.41, 5.74) is 3.96. The van der Waals surface area contributed by atoms with Gasteiger partial charge in [-0.25, -0.2) is 0 Å². The van der Waals surface area contributed by atoms with Gasteiger partial charge in [-0.3, -0.25) is 0 Å². The van der Waals surface area contributed by atoms with Crippen LogP contribution in [-0.4, -0.2) is 5.11 Å². The van der Waals surface area contributed by atoms with Crippen LogP contribution in [0.25, 0.3) is 0 Å². The second kappa shape index (κ2) is 5.96. The molecule has 1 nitrogen and oxygen atoms in total. The standard InChI is InChI=1S/C16H16Cl2O/c1-10-6-11(2)8-12(7-10)16(19)9-13-14(17)4-3-5-15(13)18/h3-8,16,19H,9H2,1-2H3. The lowest BCUT2D eigenvalue weighted by atomic mass is 9.98. The summed E-state index contributed by atoms with van der Waals surface area (Å²) in [7, 11) is 0. The lowest BCUT2D eigenvalue weighted by Gasteiger charge is -2.15. The summed E-state index contributed by atoms with van der Waals surface area (Å²) in [5, 5.41) is 11.5. The maximum atomic E-state index is 10.4. The molecule has 2 rings (SSSR count). The van der Waals surface area contributed by atoms with E-state index in [9.17, 15) is 5.11 Å². The van der Waals surface area contributed by atoms with Gasteiger partial charge < -0.3 is 5.11 Å². The van der Waals surface area contributed by atoms with Gasteiger partial charge in [0, 0.05) is 16.5 Å². The third-order valence-electron chi connectivity index (χ3n) is 3.09. The SMILES string of the molecule is Cc1cc(C)cc(C(O)Cc2c(Cl)cccc2Cl)c1. The van der Waals surface area contributed by atoms with Gasteiger partial charge in [0.05, 0.1) is 6.10 Å². The third kappa shape index (κ3) is 3.50. The molecule has 1 N–H and O–H groups in total. The van der Waals surface area contributed by atoms with Gasteiger partial charge in [-0.15, -0.1) is 0 Å². The van der Waals surface area contributed by atoms with Crippen molar-refractivity contribution in [1.82, 2.24) is 0 Å². The van der Waals surface area contributed by atoms with Crippen LogP contribution in [0.2, 0.25) is 10.0 Å². The number of halogens is 2. The molecule has 0 saturated carbocycles. The van der Waals surface area contributed by atoms with Crippen molar-refractivity contribution in [2.45, 2.75) is 26.4 Å². The van der Waals surface area contributed by atoms with E-state index in [1.165, 1.54) is 0 Å². The van der Waals surface area contributed by atoms with Crippen LogP contribution in [0.5, 0.6) is 0 Å². The van der Waals surface area contributed by atoms with E-state index in [1.54, 1.807) is 18.2 Å². The Hall–Kier alpha value is -1.02. The van der Waals surface area contributed by atoms with Gasteiger partial charge in [0.2, 0.25) is 0 Å². The molecule has 0 bridgehead atoms. The topological polar surface area (TPSA) is 20.2 Å². The van der Waals surface area contributed by atoms with Crippen LogP contribution in [0.15, 0.2) is 36.4 Å². The molecule has 3 heteroatoms. The third-order valence-corrected chi connectivity index (χ3v) is 3.80. The molecule has 0 saturated heterocycles. The Morgan fingerprint density at radius 2 is 1.53 bits per heavy atom. The Morgan fingerprint density at radius 3 is 2.05 bits per heavy atom. The van der Waals surface area contributed by atoms with Crippen molar-refractivity contribution in [3.05, 3.63) is 68.7 Å². The molecule has 1 atom stereocenters. The van der Waals surface area contributed by atoms with Crippen LogP contribution in [0.3, 0.4) is 0 Å². The van der Waals surface area contributed by atoms with E-state index in [0.717, 1.165) is 22.3 Å². The molecule has 0 fully saturated rings. The van der Waals surface area contributed by atoms with E-state index < -0.39 is 6.10 Å². The summed E-state index contributed by atoms with van der Waals surface area (Å²) in [5.74, 6) is 0. The van der Waals surface area contributed by atoms with Gasteiger partial charge in [0.15, 0.2) is 0 Å². The predicted octanol–water partition coefficient (Wildman–Crippen LogP) is 4.89. The minimum atomic E-state index is -0.601.